The van der Waals surface area contributed by atoms with E-state index in [1.807, 2.05) is 12.1 Å². The average molecular weight is 307 g/mol. The number of hydrogen-bond donors (Lipinski definition) is 3. The zero-order valence-corrected chi connectivity index (χ0v) is 13.0. The van der Waals surface area contributed by atoms with Crippen molar-refractivity contribution in [3.8, 4) is 0 Å². The van der Waals surface area contributed by atoms with Crippen molar-refractivity contribution in [3.63, 3.8) is 0 Å². The summed E-state index contributed by atoms with van der Waals surface area (Å²) in [5.41, 5.74) is 1.59. The van der Waals surface area contributed by atoms with Gasteiger partial charge in [-0.25, -0.2) is 0 Å². The number of hydrogen-bond acceptors (Lipinski definition) is 5. The van der Waals surface area contributed by atoms with E-state index in [0.717, 1.165) is 44.0 Å². The van der Waals surface area contributed by atoms with Gasteiger partial charge in [0.05, 0.1) is 12.7 Å². The molecule has 1 heterocycles. The van der Waals surface area contributed by atoms with Gasteiger partial charge < -0.3 is 15.5 Å². The van der Waals surface area contributed by atoms with Gasteiger partial charge in [-0.3, -0.25) is 14.6 Å². The number of nitrogens with one attached hydrogen (secondary N) is 1. The maximum absolute atomic E-state index is 11.0. The van der Waals surface area contributed by atoms with E-state index in [2.05, 4.69) is 15.1 Å². The third-order valence-electron chi connectivity index (χ3n) is 3.93. The second-order valence-electron chi connectivity index (χ2n) is 5.68. The maximum Gasteiger partial charge on any atom is 0.221 e. The average Bonchev–Trinajstić information content (AvgIpc) is 2.49. The van der Waals surface area contributed by atoms with E-state index < -0.39 is 6.10 Å². The number of aliphatic hydroxyl groups is 2. The van der Waals surface area contributed by atoms with E-state index in [0.29, 0.717) is 6.54 Å². The van der Waals surface area contributed by atoms with Gasteiger partial charge in [-0.2, -0.15) is 0 Å². The molecule has 0 aromatic heterocycles. The van der Waals surface area contributed by atoms with Crippen molar-refractivity contribution in [2.75, 3.05) is 51.2 Å². The molecule has 1 atom stereocenters. The van der Waals surface area contributed by atoms with Crippen molar-refractivity contribution < 1.29 is 15.0 Å². The van der Waals surface area contributed by atoms with Crippen LogP contribution in [0, 0.1) is 0 Å². The molecule has 1 aromatic carbocycles. The van der Waals surface area contributed by atoms with Crippen molar-refractivity contribution in [2.45, 2.75) is 13.0 Å². The van der Waals surface area contributed by atoms with Crippen LogP contribution in [0.4, 0.5) is 5.69 Å². The number of aliphatic hydroxyl groups excluding tert-OH is 2. The summed E-state index contributed by atoms with van der Waals surface area (Å²) in [5.74, 6) is -0.103. The minimum Gasteiger partial charge on any atom is -0.395 e. The Morgan fingerprint density at radius 2 is 1.77 bits per heavy atom. The van der Waals surface area contributed by atoms with Crippen LogP contribution in [0.1, 0.15) is 18.6 Å². The molecule has 1 saturated heterocycles. The zero-order valence-electron chi connectivity index (χ0n) is 13.0. The number of benzene rings is 1. The normalized spacial score (nSPS) is 18.1. The van der Waals surface area contributed by atoms with Crippen LogP contribution in [0.2, 0.25) is 0 Å². The van der Waals surface area contributed by atoms with Crippen LogP contribution in [0.3, 0.4) is 0 Å². The molecule has 1 aromatic rings. The summed E-state index contributed by atoms with van der Waals surface area (Å²) in [6.07, 6.45) is -0.532. The molecule has 1 unspecified atom stereocenters. The molecule has 0 radical (unpaired) electrons. The smallest absolute Gasteiger partial charge is 0.221 e. The minimum atomic E-state index is -0.532. The third-order valence-corrected chi connectivity index (χ3v) is 3.93. The molecule has 6 heteroatoms. The quantitative estimate of drug-likeness (QED) is 0.704. The largest absolute Gasteiger partial charge is 0.395 e. The van der Waals surface area contributed by atoms with Crippen molar-refractivity contribution in [1.29, 1.82) is 0 Å². The van der Waals surface area contributed by atoms with Crippen LogP contribution < -0.4 is 5.32 Å². The predicted octanol–water partition coefficient (Wildman–Crippen LogP) is 0.288. The van der Waals surface area contributed by atoms with Crippen LogP contribution in [-0.4, -0.2) is 71.8 Å². The first-order valence-electron chi connectivity index (χ1n) is 7.69. The van der Waals surface area contributed by atoms with Gasteiger partial charge in [-0.15, -0.1) is 0 Å². The lowest BCUT2D eigenvalue weighted by Crippen LogP contribution is -2.48. The van der Waals surface area contributed by atoms with E-state index in [1.165, 1.54) is 6.92 Å². The van der Waals surface area contributed by atoms with Crippen LogP contribution in [-0.2, 0) is 4.79 Å². The second-order valence-corrected chi connectivity index (χ2v) is 5.68. The fourth-order valence-electron chi connectivity index (χ4n) is 2.68. The van der Waals surface area contributed by atoms with Crippen LogP contribution in [0.25, 0.3) is 0 Å². The predicted molar refractivity (Wildman–Crippen MR) is 85.7 cm³/mol. The van der Waals surface area contributed by atoms with Gasteiger partial charge in [0.15, 0.2) is 0 Å². The van der Waals surface area contributed by atoms with Crippen molar-refractivity contribution in [1.82, 2.24) is 9.80 Å². The Kier molecular flexibility index (Phi) is 6.33. The van der Waals surface area contributed by atoms with Gasteiger partial charge in [0.25, 0.3) is 0 Å². The maximum atomic E-state index is 11.0. The van der Waals surface area contributed by atoms with Gasteiger partial charge >= 0.3 is 0 Å². The summed E-state index contributed by atoms with van der Waals surface area (Å²) in [6.45, 7) is 6.65. The van der Waals surface area contributed by atoms with Crippen LogP contribution in [0.5, 0.6) is 0 Å². The van der Waals surface area contributed by atoms with E-state index in [9.17, 15) is 9.90 Å². The highest BCUT2D eigenvalue weighted by atomic mass is 16.3. The Labute approximate surface area is 131 Å². The molecular weight excluding hydrogens is 282 g/mol. The molecule has 3 N–H and O–H groups in total. The summed E-state index contributed by atoms with van der Waals surface area (Å²) in [5, 5.41) is 22.0. The van der Waals surface area contributed by atoms with Crippen LogP contribution >= 0.6 is 0 Å². The number of piperazine rings is 1. The number of anilines is 1. The summed E-state index contributed by atoms with van der Waals surface area (Å²) in [6, 6.07) is 7.30. The molecule has 22 heavy (non-hydrogen) atoms. The van der Waals surface area contributed by atoms with Crippen molar-refractivity contribution in [3.05, 3.63) is 29.8 Å². The van der Waals surface area contributed by atoms with Gasteiger partial charge in [0, 0.05) is 51.9 Å². The van der Waals surface area contributed by atoms with Gasteiger partial charge in [0.1, 0.15) is 0 Å². The highest BCUT2D eigenvalue weighted by Gasteiger charge is 2.19. The SMILES string of the molecule is CC(=O)Nc1ccc(C(O)CN2CCN(CCO)CC2)cc1. The van der Waals surface area contributed by atoms with Crippen LogP contribution in [0.15, 0.2) is 24.3 Å². The highest BCUT2D eigenvalue weighted by Crippen LogP contribution is 2.18. The minimum absolute atomic E-state index is 0.103. The Bertz CT molecular complexity index is 470. The molecule has 1 aliphatic rings. The Hall–Kier alpha value is -1.47. The van der Waals surface area contributed by atoms with Crippen molar-refractivity contribution >= 4 is 11.6 Å². The first-order valence-corrected chi connectivity index (χ1v) is 7.69. The Morgan fingerprint density at radius 3 is 2.32 bits per heavy atom. The molecule has 2 rings (SSSR count). The highest BCUT2D eigenvalue weighted by molar-refractivity contribution is 5.88. The molecule has 0 spiro atoms. The molecule has 0 bridgehead atoms. The Balaban J connectivity index is 1.82. The van der Waals surface area contributed by atoms with E-state index in [4.69, 9.17) is 5.11 Å². The number of carbonyl (C=O) groups excluding carboxylic acids is 1. The number of amides is 1. The van der Waals surface area contributed by atoms with Crippen molar-refractivity contribution in [2.24, 2.45) is 0 Å². The van der Waals surface area contributed by atoms with Gasteiger partial charge in [0.2, 0.25) is 5.91 Å². The van der Waals surface area contributed by atoms with E-state index in [-0.39, 0.29) is 12.5 Å². The lowest BCUT2D eigenvalue weighted by atomic mass is 10.1. The summed E-state index contributed by atoms with van der Waals surface area (Å²) < 4.78 is 0. The number of rotatable bonds is 6. The number of nitrogens with zero attached hydrogens (tertiary/aromatic N) is 2. The second kappa shape index (κ2) is 8.24. The fraction of sp³-hybridized carbons (Fsp3) is 0.562. The summed E-state index contributed by atoms with van der Waals surface area (Å²) in [4.78, 5) is 15.4. The molecule has 1 fully saturated rings. The van der Waals surface area contributed by atoms with Gasteiger partial charge in [-0.05, 0) is 17.7 Å². The molecule has 1 amide bonds. The number of β-amino-alcohol motifs (C(OH)–C–C–N with tert-alkyl or cyclic N) is 2. The molecular formula is C16H25N3O3. The summed E-state index contributed by atoms with van der Waals surface area (Å²) in [7, 11) is 0. The monoisotopic (exact) mass is 307 g/mol. The first kappa shape index (κ1) is 16.9. The zero-order chi connectivity index (χ0) is 15.9. The lowest BCUT2D eigenvalue weighted by Gasteiger charge is -2.35. The third kappa shape index (κ3) is 5.06. The van der Waals surface area contributed by atoms with Gasteiger partial charge in [-0.1, -0.05) is 12.1 Å². The molecule has 122 valence electrons. The Morgan fingerprint density at radius 1 is 1.18 bits per heavy atom. The fourth-order valence-corrected chi connectivity index (χ4v) is 2.68. The standard InChI is InChI=1S/C16H25N3O3/c1-13(21)17-15-4-2-14(3-5-15)16(22)12-19-8-6-18(7-9-19)10-11-20/h2-5,16,20,22H,6-12H2,1H3,(H,17,21). The molecule has 1 aliphatic heterocycles. The van der Waals surface area contributed by atoms with E-state index in [1.54, 1.807) is 12.1 Å². The summed E-state index contributed by atoms with van der Waals surface area (Å²) >= 11 is 0. The lowest BCUT2D eigenvalue weighted by molar-refractivity contribution is -0.114. The molecule has 6 nitrogen and oxygen atoms in total. The van der Waals surface area contributed by atoms with E-state index >= 15 is 0 Å². The first-order chi connectivity index (χ1) is 10.6. The molecule has 0 aliphatic carbocycles. The topological polar surface area (TPSA) is 76.0 Å². The molecule has 0 saturated carbocycles. The number of carbonyl (C=O) groups is 1.